The van der Waals surface area contributed by atoms with E-state index in [9.17, 15) is 8.42 Å². The van der Waals surface area contributed by atoms with Gasteiger partial charge >= 0.3 is 0 Å². The van der Waals surface area contributed by atoms with Crippen LogP contribution in [0.25, 0.3) is 0 Å². The Morgan fingerprint density at radius 3 is 2.54 bits per heavy atom. The SMILES string of the molecule is Cc1ccc(NS(=O)(=O)c2ccc3c(c2)CCC(C)(C)O3)c(C)c1. The minimum atomic E-state index is -3.62. The zero-order chi connectivity index (χ0) is 17.5. The second kappa shape index (κ2) is 5.81. The van der Waals surface area contributed by atoms with Crippen LogP contribution in [0.2, 0.25) is 0 Å². The van der Waals surface area contributed by atoms with Crippen molar-refractivity contribution in [1.82, 2.24) is 0 Å². The molecule has 1 N–H and O–H groups in total. The summed E-state index contributed by atoms with van der Waals surface area (Å²) < 4.78 is 34.0. The number of anilines is 1. The van der Waals surface area contributed by atoms with Crippen molar-refractivity contribution in [2.75, 3.05) is 4.72 Å². The molecule has 5 heteroatoms. The molecule has 0 saturated carbocycles. The van der Waals surface area contributed by atoms with Gasteiger partial charge in [0, 0.05) is 0 Å². The molecule has 24 heavy (non-hydrogen) atoms. The number of fused-ring (bicyclic) bond motifs is 1. The van der Waals surface area contributed by atoms with Crippen molar-refractivity contribution < 1.29 is 13.2 Å². The molecule has 0 amide bonds. The molecule has 0 radical (unpaired) electrons. The molecule has 0 aromatic heterocycles. The summed E-state index contributed by atoms with van der Waals surface area (Å²) in [6.07, 6.45) is 1.68. The lowest BCUT2D eigenvalue weighted by molar-refractivity contribution is 0.0845. The van der Waals surface area contributed by atoms with Gasteiger partial charge in [0.1, 0.15) is 11.4 Å². The number of aryl methyl sites for hydroxylation is 3. The Balaban J connectivity index is 1.90. The Kier molecular flexibility index (Phi) is 4.08. The summed E-state index contributed by atoms with van der Waals surface area (Å²) in [7, 11) is -3.62. The summed E-state index contributed by atoms with van der Waals surface area (Å²) >= 11 is 0. The fourth-order valence-corrected chi connectivity index (χ4v) is 4.12. The average molecular weight is 345 g/mol. The third-order valence-electron chi connectivity index (χ3n) is 4.35. The van der Waals surface area contributed by atoms with E-state index < -0.39 is 10.0 Å². The highest BCUT2D eigenvalue weighted by Crippen LogP contribution is 2.34. The summed E-state index contributed by atoms with van der Waals surface area (Å²) in [5.41, 5.74) is 3.35. The maximum absolute atomic E-state index is 12.7. The van der Waals surface area contributed by atoms with Crippen LogP contribution in [0.4, 0.5) is 5.69 Å². The Labute approximate surface area is 143 Å². The molecule has 0 atom stereocenters. The van der Waals surface area contributed by atoms with E-state index >= 15 is 0 Å². The highest BCUT2D eigenvalue weighted by molar-refractivity contribution is 7.92. The molecule has 0 spiro atoms. The first-order valence-corrected chi connectivity index (χ1v) is 9.57. The second-order valence-corrected chi connectivity index (χ2v) is 8.74. The summed E-state index contributed by atoms with van der Waals surface area (Å²) in [6.45, 7) is 7.97. The zero-order valence-corrected chi connectivity index (χ0v) is 15.3. The fraction of sp³-hybridized carbons (Fsp3) is 0.368. The molecule has 1 aliphatic rings. The quantitative estimate of drug-likeness (QED) is 0.907. The summed E-state index contributed by atoms with van der Waals surface area (Å²) in [6, 6.07) is 10.7. The Hall–Kier alpha value is -2.01. The number of hydrogen-bond acceptors (Lipinski definition) is 3. The van der Waals surface area contributed by atoms with E-state index in [2.05, 4.69) is 4.72 Å². The molecule has 2 aromatic rings. The number of nitrogens with one attached hydrogen (secondary N) is 1. The number of sulfonamides is 1. The van der Waals surface area contributed by atoms with Gasteiger partial charge in [-0.25, -0.2) is 8.42 Å². The van der Waals surface area contributed by atoms with E-state index in [1.54, 1.807) is 24.3 Å². The van der Waals surface area contributed by atoms with Crippen molar-refractivity contribution in [3.63, 3.8) is 0 Å². The van der Waals surface area contributed by atoms with Crippen LogP contribution in [0.5, 0.6) is 5.75 Å². The largest absolute Gasteiger partial charge is 0.488 e. The lowest BCUT2D eigenvalue weighted by atomic mass is 9.94. The molecule has 0 saturated heterocycles. The number of hydrogen-bond donors (Lipinski definition) is 1. The van der Waals surface area contributed by atoms with Crippen molar-refractivity contribution in [3.05, 3.63) is 53.1 Å². The van der Waals surface area contributed by atoms with E-state index in [0.717, 1.165) is 35.3 Å². The third kappa shape index (κ3) is 3.41. The van der Waals surface area contributed by atoms with Gasteiger partial charge in [0.2, 0.25) is 0 Å². The monoisotopic (exact) mass is 345 g/mol. The van der Waals surface area contributed by atoms with Gasteiger partial charge in [0.25, 0.3) is 10.0 Å². The van der Waals surface area contributed by atoms with Crippen molar-refractivity contribution in [2.45, 2.75) is 51.0 Å². The first kappa shape index (κ1) is 16.8. The molecular weight excluding hydrogens is 322 g/mol. The standard InChI is InChI=1S/C19H23NO3S/c1-13-5-7-17(14(2)11-13)20-24(21,22)16-6-8-18-15(12-16)9-10-19(3,4)23-18/h5-8,11-12,20H,9-10H2,1-4H3. The molecule has 3 rings (SSSR count). The maximum Gasteiger partial charge on any atom is 0.261 e. The van der Waals surface area contributed by atoms with Crippen molar-refractivity contribution in [3.8, 4) is 5.75 Å². The van der Waals surface area contributed by atoms with Crippen LogP contribution in [0.3, 0.4) is 0 Å². The van der Waals surface area contributed by atoms with E-state index in [0.29, 0.717) is 5.69 Å². The predicted octanol–water partition coefficient (Wildman–Crippen LogP) is 4.21. The van der Waals surface area contributed by atoms with Gasteiger partial charge in [-0.1, -0.05) is 17.7 Å². The first-order chi connectivity index (χ1) is 11.2. The van der Waals surface area contributed by atoms with Gasteiger partial charge in [-0.05, 0) is 75.9 Å². The summed E-state index contributed by atoms with van der Waals surface area (Å²) in [5, 5.41) is 0. The van der Waals surface area contributed by atoms with Gasteiger partial charge < -0.3 is 4.74 Å². The molecule has 0 unspecified atom stereocenters. The van der Waals surface area contributed by atoms with Crippen LogP contribution in [-0.2, 0) is 16.4 Å². The van der Waals surface area contributed by atoms with E-state index in [4.69, 9.17) is 4.74 Å². The molecule has 0 aliphatic carbocycles. The van der Waals surface area contributed by atoms with E-state index in [-0.39, 0.29) is 10.5 Å². The lowest BCUT2D eigenvalue weighted by Gasteiger charge is -2.32. The van der Waals surface area contributed by atoms with Crippen molar-refractivity contribution in [2.24, 2.45) is 0 Å². The molecule has 1 aliphatic heterocycles. The van der Waals surface area contributed by atoms with Crippen LogP contribution in [-0.4, -0.2) is 14.0 Å². The number of benzene rings is 2. The normalized spacial score (nSPS) is 16.2. The number of ether oxygens (including phenoxy) is 1. The van der Waals surface area contributed by atoms with Gasteiger partial charge in [0.15, 0.2) is 0 Å². The van der Waals surface area contributed by atoms with Crippen LogP contribution >= 0.6 is 0 Å². The Morgan fingerprint density at radius 2 is 1.83 bits per heavy atom. The van der Waals surface area contributed by atoms with Crippen LogP contribution in [0.15, 0.2) is 41.3 Å². The molecule has 0 bridgehead atoms. The van der Waals surface area contributed by atoms with Crippen molar-refractivity contribution >= 4 is 15.7 Å². The smallest absolute Gasteiger partial charge is 0.261 e. The second-order valence-electron chi connectivity index (χ2n) is 7.06. The van der Waals surface area contributed by atoms with Crippen molar-refractivity contribution in [1.29, 1.82) is 0 Å². The Morgan fingerprint density at radius 1 is 1.08 bits per heavy atom. The highest BCUT2D eigenvalue weighted by Gasteiger charge is 2.27. The minimum absolute atomic E-state index is 0.204. The fourth-order valence-electron chi connectivity index (χ4n) is 2.93. The molecule has 2 aromatic carbocycles. The maximum atomic E-state index is 12.7. The highest BCUT2D eigenvalue weighted by atomic mass is 32.2. The third-order valence-corrected chi connectivity index (χ3v) is 5.71. The molecular formula is C19H23NO3S. The van der Waals surface area contributed by atoms with E-state index in [1.807, 2.05) is 39.8 Å². The van der Waals surface area contributed by atoms with Crippen LogP contribution < -0.4 is 9.46 Å². The molecule has 4 nitrogen and oxygen atoms in total. The predicted molar refractivity (Wildman–Crippen MR) is 96.2 cm³/mol. The van der Waals surface area contributed by atoms with Gasteiger partial charge in [-0.2, -0.15) is 0 Å². The molecule has 1 heterocycles. The molecule has 0 fully saturated rings. The topological polar surface area (TPSA) is 55.4 Å². The van der Waals surface area contributed by atoms with Gasteiger partial charge in [-0.3, -0.25) is 4.72 Å². The lowest BCUT2D eigenvalue weighted by Crippen LogP contribution is -2.32. The number of rotatable bonds is 3. The Bertz CT molecular complexity index is 885. The van der Waals surface area contributed by atoms with Gasteiger partial charge in [-0.15, -0.1) is 0 Å². The zero-order valence-electron chi connectivity index (χ0n) is 14.5. The van der Waals surface area contributed by atoms with Crippen LogP contribution in [0, 0.1) is 13.8 Å². The minimum Gasteiger partial charge on any atom is -0.488 e. The van der Waals surface area contributed by atoms with Gasteiger partial charge in [0.05, 0.1) is 10.6 Å². The summed E-state index contributed by atoms with van der Waals surface area (Å²) in [5.74, 6) is 0.775. The molecule has 128 valence electrons. The van der Waals surface area contributed by atoms with Crippen LogP contribution in [0.1, 0.15) is 37.0 Å². The first-order valence-electron chi connectivity index (χ1n) is 8.08. The average Bonchev–Trinajstić information content (AvgIpc) is 2.48. The summed E-state index contributed by atoms with van der Waals surface area (Å²) in [4.78, 5) is 0.268. The van der Waals surface area contributed by atoms with E-state index in [1.165, 1.54) is 0 Å².